The van der Waals surface area contributed by atoms with Crippen molar-refractivity contribution in [3.8, 4) is 0 Å². The first-order valence-electron chi connectivity index (χ1n) is 9.61. The van der Waals surface area contributed by atoms with Gasteiger partial charge in [-0.3, -0.25) is 9.10 Å². The number of carbonyl (C=O) groups excluding carboxylic acids is 1. The van der Waals surface area contributed by atoms with Crippen LogP contribution in [0, 0.1) is 13.8 Å². The second-order valence-corrected chi connectivity index (χ2v) is 9.06. The summed E-state index contributed by atoms with van der Waals surface area (Å²) >= 11 is 0. The van der Waals surface area contributed by atoms with E-state index >= 15 is 0 Å². The van der Waals surface area contributed by atoms with E-state index in [1.807, 2.05) is 32.0 Å². The third-order valence-electron chi connectivity index (χ3n) is 4.64. The molecule has 6 heteroatoms. The van der Waals surface area contributed by atoms with Crippen molar-refractivity contribution in [3.63, 3.8) is 0 Å². The van der Waals surface area contributed by atoms with Crippen molar-refractivity contribution in [1.82, 2.24) is 5.32 Å². The van der Waals surface area contributed by atoms with Gasteiger partial charge in [0.2, 0.25) is 15.9 Å². The number of carbonyl (C=O) groups is 1. The zero-order valence-electron chi connectivity index (χ0n) is 17.1. The molecule has 1 amide bonds. The molecule has 0 saturated carbocycles. The van der Waals surface area contributed by atoms with Crippen LogP contribution in [0.1, 0.15) is 36.5 Å². The number of aryl methyl sites for hydroxylation is 3. The molecule has 0 spiro atoms. The minimum atomic E-state index is -3.59. The first-order chi connectivity index (χ1) is 13.2. The van der Waals surface area contributed by atoms with Crippen molar-refractivity contribution in [2.75, 3.05) is 17.1 Å². The van der Waals surface area contributed by atoms with Crippen molar-refractivity contribution in [3.05, 3.63) is 65.2 Å². The zero-order chi connectivity index (χ0) is 20.7. The number of nitrogens with zero attached hydrogens (tertiary/aromatic N) is 1. The molecular formula is C22H30N2O3S. The van der Waals surface area contributed by atoms with Gasteiger partial charge >= 0.3 is 0 Å². The molecule has 0 bridgehead atoms. The molecule has 0 saturated heterocycles. The third kappa shape index (κ3) is 6.09. The average Bonchev–Trinajstić information content (AvgIpc) is 2.63. The monoisotopic (exact) mass is 402 g/mol. The SMILES string of the molecule is CCC(C(=O)NCCCc1cccc(C)c1)N(c1ccc(C)cc1)S(C)(=O)=O. The molecule has 28 heavy (non-hydrogen) atoms. The summed E-state index contributed by atoms with van der Waals surface area (Å²) in [6.07, 6.45) is 3.20. The number of hydrogen-bond donors (Lipinski definition) is 1. The van der Waals surface area contributed by atoms with Crippen LogP contribution in [0.5, 0.6) is 0 Å². The lowest BCUT2D eigenvalue weighted by Gasteiger charge is -2.30. The van der Waals surface area contributed by atoms with Gasteiger partial charge in [0.1, 0.15) is 6.04 Å². The van der Waals surface area contributed by atoms with E-state index in [0.29, 0.717) is 18.7 Å². The summed E-state index contributed by atoms with van der Waals surface area (Å²) in [6, 6.07) is 14.7. The molecular weight excluding hydrogens is 372 g/mol. The predicted molar refractivity (Wildman–Crippen MR) is 115 cm³/mol. The highest BCUT2D eigenvalue weighted by Crippen LogP contribution is 2.23. The van der Waals surface area contributed by atoms with Gasteiger partial charge in [-0.15, -0.1) is 0 Å². The van der Waals surface area contributed by atoms with E-state index in [-0.39, 0.29) is 5.91 Å². The second kappa shape index (κ2) is 9.73. The summed E-state index contributed by atoms with van der Waals surface area (Å²) in [4.78, 5) is 12.8. The van der Waals surface area contributed by atoms with Crippen LogP contribution in [0.15, 0.2) is 48.5 Å². The molecule has 0 aliphatic carbocycles. The zero-order valence-corrected chi connectivity index (χ0v) is 17.9. The number of amides is 1. The van der Waals surface area contributed by atoms with Crippen molar-refractivity contribution < 1.29 is 13.2 Å². The van der Waals surface area contributed by atoms with Crippen molar-refractivity contribution in [2.45, 2.75) is 46.1 Å². The summed E-state index contributed by atoms with van der Waals surface area (Å²) in [5, 5.41) is 2.91. The smallest absolute Gasteiger partial charge is 0.243 e. The maximum Gasteiger partial charge on any atom is 0.243 e. The van der Waals surface area contributed by atoms with Crippen LogP contribution in [0.25, 0.3) is 0 Å². The van der Waals surface area contributed by atoms with E-state index in [4.69, 9.17) is 0 Å². The highest BCUT2D eigenvalue weighted by molar-refractivity contribution is 7.92. The lowest BCUT2D eigenvalue weighted by atomic mass is 10.1. The molecule has 2 rings (SSSR count). The summed E-state index contributed by atoms with van der Waals surface area (Å²) in [5.74, 6) is -0.266. The molecule has 1 unspecified atom stereocenters. The van der Waals surface area contributed by atoms with Gasteiger partial charge < -0.3 is 5.32 Å². The number of rotatable bonds is 9. The maximum absolute atomic E-state index is 12.8. The van der Waals surface area contributed by atoms with Gasteiger partial charge in [0.15, 0.2) is 0 Å². The number of sulfonamides is 1. The molecule has 1 atom stereocenters. The standard InChI is InChI=1S/C22H30N2O3S/c1-5-21(24(28(4,26)27)20-13-11-17(2)12-14-20)22(25)23-15-7-10-19-9-6-8-18(3)16-19/h6,8-9,11-14,16,21H,5,7,10,15H2,1-4H3,(H,23,25). The Balaban J connectivity index is 2.04. The Bertz CT molecular complexity index is 892. The Morgan fingerprint density at radius 1 is 1.07 bits per heavy atom. The molecule has 0 heterocycles. The Morgan fingerprint density at radius 3 is 2.32 bits per heavy atom. The molecule has 0 aromatic heterocycles. The quantitative estimate of drug-likeness (QED) is 0.652. The Kier molecular flexibility index (Phi) is 7.63. The summed E-state index contributed by atoms with van der Waals surface area (Å²) in [5.41, 5.74) is 3.99. The van der Waals surface area contributed by atoms with Gasteiger partial charge in [0, 0.05) is 6.54 Å². The van der Waals surface area contributed by atoms with Crippen LogP contribution in [0.3, 0.4) is 0 Å². The predicted octanol–water partition coefficient (Wildman–Crippen LogP) is 3.60. The van der Waals surface area contributed by atoms with Gasteiger partial charge in [0.25, 0.3) is 0 Å². The van der Waals surface area contributed by atoms with Crippen LogP contribution in [0.4, 0.5) is 5.69 Å². The minimum Gasteiger partial charge on any atom is -0.354 e. The fourth-order valence-corrected chi connectivity index (χ4v) is 4.45. The average molecular weight is 403 g/mol. The summed E-state index contributed by atoms with van der Waals surface area (Å²) < 4.78 is 26.1. The highest BCUT2D eigenvalue weighted by atomic mass is 32.2. The Labute approximate surface area is 168 Å². The number of benzene rings is 2. The third-order valence-corrected chi connectivity index (χ3v) is 5.82. The molecule has 0 aliphatic rings. The fourth-order valence-electron chi connectivity index (χ4n) is 3.24. The van der Waals surface area contributed by atoms with Crippen LogP contribution in [-0.2, 0) is 21.2 Å². The Morgan fingerprint density at radius 2 is 1.75 bits per heavy atom. The molecule has 0 radical (unpaired) electrons. The van der Waals surface area contributed by atoms with E-state index < -0.39 is 16.1 Å². The van der Waals surface area contributed by atoms with Gasteiger partial charge in [-0.2, -0.15) is 0 Å². The van der Waals surface area contributed by atoms with Gasteiger partial charge in [-0.1, -0.05) is 54.4 Å². The summed E-state index contributed by atoms with van der Waals surface area (Å²) in [6.45, 7) is 6.33. The molecule has 0 fully saturated rings. The molecule has 1 N–H and O–H groups in total. The van der Waals surface area contributed by atoms with Crippen LogP contribution in [0.2, 0.25) is 0 Å². The fraction of sp³-hybridized carbons (Fsp3) is 0.409. The van der Waals surface area contributed by atoms with E-state index in [1.165, 1.54) is 15.4 Å². The minimum absolute atomic E-state index is 0.266. The van der Waals surface area contributed by atoms with Gasteiger partial charge in [-0.25, -0.2) is 8.42 Å². The largest absolute Gasteiger partial charge is 0.354 e. The molecule has 2 aromatic rings. The highest BCUT2D eigenvalue weighted by Gasteiger charge is 2.31. The van der Waals surface area contributed by atoms with Gasteiger partial charge in [-0.05, 0) is 50.8 Å². The van der Waals surface area contributed by atoms with E-state index in [9.17, 15) is 13.2 Å². The van der Waals surface area contributed by atoms with E-state index in [2.05, 4.69) is 30.4 Å². The second-order valence-electron chi connectivity index (χ2n) is 7.20. The molecule has 5 nitrogen and oxygen atoms in total. The molecule has 2 aromatic carbocycles. The first-order valence-corrected chi connectivity index (χ1v) is 11.5. The van der Waals surface area contributed by atoms with Crippen molar-refractivity contribution in [1.29, 1.82) is 0 Å². The lowest BCUT2D eigenvalue weighted by Crippen LogP contribution is -2.49. The van der Waals surface area contributed by atoms with E-state index in [0.717, 1.165) is 24.7 Å². The number of hydrogen-bond acceptors (Lipinski definition) is 3. The molecule has 0 aliphatic heterocycles. The van der Waals surface area contributed by atoms with Crippen LogP contribution < -0.4 is 9.62 Å². The van der Waals surface area contributed by atoms with Crippen molar-refractivity contribution in [2.24, 2.45) is 0 Å². The normalized spacial score (nSPS) is 12.4. The van der Waals surface area contributed by atoms with Crippen LogP contribution in [-0.4, -0.2) is 33.2 Å². The van der Waals surface area contributed by atoms with Crippen LogP contribution >= 0.6 is 0 Å². The number of nitrogens with one attached hydrogen (secondary N) is 1. The van der Waals surface area contributed by atoms with Crippen molar-refractivity contribution >= 4 is 21.6 Å². The summed E-state index contributed by atoms with van der Waals surface area (Å²) in [7, 11) is -3.59. The van der Waals surface area contributed by atoms with Gasteiger partial charge in [0.05, 0.1) is 11.9 Å². The molecule has 152 valence electrons. The van der Waals surface area contributed by atoms with E-state index in [1.54, 1.807) is 12.1 Å². The maximum atomic E-state index is 12.8. The topological polar surface area (TPSA) is 66.5 Å². The number of anilines is 1. The Hall–Kier alpha value is -2.34. The first kappa shape index (κ1) is 22.0. The lowest BCUT2D eigenvalue weighted by molar-refractivity contribution is -0.122.